The molecule has 5 heteroatoms. The average Bonchev–Trinajstić information content (AvgIpc) is 2.88. The van der Waals surface area contributed by atoms with E-state index in [0.29, 0.717) is 6.04 Å². The summed E-state index contributed by atoms with van der Waals surface area (Å²) in [6.45, 7) is 6.81. The van der Waals surface area contributed by atoms with E-state index >= 15 is 0 Å². The van der Waals surface area contributed by atoms with Gasteiger partial charge in [-0.1, -0.05) is 0 Å². The van der Waals surface area contributed by atoms with Crippen LogP contribution in [0.1, 0.15) is 43.1 Å². The molecule has 1 atom stereocenters. The lowest BCUT2D eigenvalue weighted by molar-refractivity contribution is -0.129. The summed E-state index contributed by atoms with van der Waals surface area (Å²) in [7, 11) is 0. The first kappa shape index (κ1) is 17.4. The van der Waals surface area contributed by atoms with E-state index in [1.54, 1.807) is 22.9 Å². The normalized spacial score (nSPS) is 18.1. The standard InChI is InChI=1S/C20H24FN3O/c1-14-6-4-5-13-23(14)20(25)12-11-19-15(2)22-24(16(19)3)18-9-7-17(21)8-10-18/h7-12,14H,4-6,13H2,1-3H3/b12-11+. The van der Waals surface area contributed by atoms with E-state index in [2.05, 4.69) is 12.0 Å². The van der Waals surface area contributed by atoms with Crippen molar-refractivity contribution in [2.45, 2.75) is 46.1 Å². The zero-order chi connectivity index (χ0) is 18.0. The van der Waals surface area contributed by atoms with Gasteiger partial charge in [-0.05, 0) is 70.4 Å². The van der Waals surface area contributed by atoms with Crippen molar-refractivity contribution in [2.75, 3.05) is 6.54 Å². The van der Waals surface area contributed by atoms with Crippen LogP contribution in [-0.2, 0) is 4.79 Å². The molecule has 4 nitrogen and oxygen atoms in total. The molecule has 1 aromatic carbocycles. The number of piperidine rings is 1. The van der Waals surface area contributed by atoms with E-state index in [0.717, 1.165) is 42.0 Å². The van der Waals surface area contributed by atoms with Crippen LogP contribution in [0.15, 0.2) is 30.3 Å². The number of carbonyl (C=O) groups excluding carboxylic acids is 1. The van der Waals surface area contributed by atoms with Gasteiger partial charge in [0.25, 0.3) is 0 Å². The predicted molar refractivity (Wildman–Crippen MR) is 97.1 cm³/mol. The number of halogens is 1. The van der Waals surface area contributed by atoms with Crippen LogP contribution in [0.3, 0.4) is 0 Å². The van der Waals surface area contributed by atoms with Gasteiger partial charge in [0.2, 0.25) is 5.91 Å². The van der Waals surface area contributed by atoms with E-state index in [-0.39, 0.29) is 11.7 Å². The van der Waals surface area contributed by atoms with Crippen molar-refractivity contribution in [1.82, 2.24) is 14.7 Å². The van der Waals surface area contributed by atoms with Gasteiger partial charge in [0.05, 0.1) is 11.4 Å². The number of aryl methyl sites for hydroxylation is 1. The highest BCUT2D eigenvalue weighted by Crippen LogP contribution is 2.21. The number of nitrogens with zero attached hydrogens (tertiary/aromatic N) is 3. The van der Waals surface area contributed by atoms with Crippen LogP contribution in [0.2, 0.25) is 0 Å². The van der Waals surface area contributed by atoms with Crippen LogP contribution in [0.25, 0.3) is 11.8 Å². The van der Waals surface area contributed by atoms with E-state index < -0.39 is 0 Å². The molecule has 0 bridgehead atoms. The molecule has 3 rings (SSSR count). The second-order valence-electron chi connectivity index (χ2n) is 6.68. The first-order valence-corrected chi connectivity index (χ1v) is 8.78. The first-order valence-electron chi connectivity index (χ1n) is 8.78. The van der Waals surface area contributed by atoms with Gasteiger partial charge in [0.1, 0.15) is 5.82 Å². The molecule has 0 saturated carbocycles. The molecule has 2 heterocycles. The highest BCUT2D eigenvalue weighted by molar-refractivity contribution is 5.92. The molecule has 132 valence electrons. The molecule has 1 unspecified atom stereocenters. The molecule has 1 aromatic heterocycles. The van der Waals surface area contributed by atoms with Crippen molar-refractivity contribution in [3.8, 4) is 5.69 Å². The second kappa shape index (κ2) is 7.21. The topological polar surface area (TPSA) is 38.1 Å². The Bertz CT molecular complexity index is 792. The summed E-state index contributed by atoms with van der Waals surface area (Å²) in [5, 5.41) is 4.53. The van der Waals surface area contributed by atoms with Gasteiger partial charge in [-0.2, -0.15) is 5.10 Å². The summed E-state index contributed by atoms with van der Waals surface area (Å²) < 4.78 is 14.9. The smallest absolute Gasteiger partial charge is 0.246 e. The Morgan fingerprint density at radius 3 is 2.64 bits per heavy atom. The molecule has 2 aromatic rings. The summed E-state index contributed by atoms with van der Waals surface area (Å²) >= 11 is 0. The highest BCUT2D eigenvalue weighted by Gasteiger charge is 2.21. The number of aromatic nitrogens is 2. The van der Waals surface area contributed by atoms with Gasteiger partial charge in [0.15, 0.2) is 0 Å². The van der Waals surface area contributed by atoms with Crippen molar-refractivity contribution in [1.29, 1.82) is 0 Å². The first-order chi connectivity index (χ1) is 12.0. The SMILES string of the molecule is Cc1nn(-c2ccc(F)cc2)c(C)c1/C=C/C(=O)N1CCCCC1C. The highest BCUT2D eigenvalue weighted by atomic mass is 19.1. The third-order valence-corrected chi connectivity index (χ3v) is 4.90. The Hall–Kier alpha value is -2.43. The second-order valence-corrected chi connectivity index (χ2v) is 6.68. The fourth-order valence-corrected chi connectivity index (χ4v) is 3.41. The lowest BCUT2D eigenvalue weighted by atomic mass is 10.0. The van der Waals surface area contributed by atoms with Crippen molar-refractivity contribution in [3.63, 3.8) is 0 Å². The Balaban J connectivity index is 1.83. The minimum absolute atomic E-state index is 0.0560. The van der Waals surface area contributed by atoms with E-state index in [9.17, 15) is 9.18 Å². The number of carbonyl (C=O) groups is 1. The summed E-state index contributed by atoms with van der Waals surface area (Å²) in [5.41, 5.74) is 3.51. The Morgan fingerprint density at radius 1 is 1.24 bits per heavy atom. The van der Waals surface area contributed by atoms with Crippen molar-refractivity contribution < 1.29 is 9.18 Å². The third-order valence-electron chi connectivity index (χ3n) is 4.90. The number of likely N-dealkylation sites (tertiary alicyclic amines) is 1. The summed E-state index contributed by atoms with van der Waals surface area (Å²) in [5.74, 6) is -0.216. The zero-order valence-electron chi connectivity index (χ0n) is 15.0. The molecule has 1 aliphatic heterocycles. The maximum Gasteiger partial charge on any atom is 0.246 e. The molecule has 0 spiro atoms. The fraction of sp³-hybridized carbons (Fsp3) is 0.400. The van der Waals surface area contributed by atoms with Crippen LogP contribution < -0.4 is 0 Å². The molecule has 25 heavy (non-hydrogen) atoms. The maximum atomic E-state index is 13.1. The van der Waals surface area contributed by atoms with Crippen LogP contribution >= 0.6 is 0 Å². The van der Waals surface area contributed by atoms with Gasteiger partial charge >= 0.3 is 0 Å². The van der Waals surface area contributed by atoms with E-state index in [4.69, 9.17) is 0 Å². The third kappa shape index (κ3) is 3.65. The fourth-order valence-electron chi connectivity index (χ4n) is 3.41. The van der Waals surface area contributed by atoms with Crippen LogP contribution in [0.5, 0.6) is 0 Å². The molecule has 0 radical (unpaired) electrons. The largest absolute Gasteiger partial charge is 0.336 e. The lowest BCUT2D eigenvalue weighted by Crippen LogP contribution is -2.41. The predicted octanol–water partition coefficient (Wildman–Crippen LogP) is 4.04. The van der Waals surface area contributed by atoms with E-state index in [1.165, 1.54) is 18.6 Å². The number of benzene rings is 1. The molecule has 1 aliphatic rings. The Morgan fingerprint density at radius 2 is 1.96 bits per heavy atom. The van der Waals surface area contributed by atoms with Crippen LogP contribution in [0, 0.1) is 19.7 Å². The van der Waals surface area contributed by atoms with Crippen LogP contribution in [-0.4, -0.2) is 33.2 Å². The van der Waals surface area contributed by atoms with Crippen molar-refractivity contribution in [3.05, 3.63) is 53.1 Å². The van der Waals surface area contributed by atoms with Gasteiger partial charge in [0, 0.05) is 29.9 Å². The minimum atomic E-state index is -0.272. The molecular weight excluding hydrogens is 317 g/mol. The van der Waals surface area contributed by atoms with Gasteiger partial charge in [-0.15, -0.1) is 0 Å². The molecule has 1 fully saturated rings. The van der Waals surface area contributed by atoms with Gasteiger partial charge in [-0.3, -0.25) is 4.79 Å². The van der Waals surface area contributed by atoms with Gasteiger partial charge < -0.3 is 4.90 Å². The number of hydrogen-bond donors (Lipinski definition) is 0. The molecule has 1 saturated heterocycles. The summed E-state index contributed by atoms with van der Waals surface area (Å²) in [6.07, 6.45) is 6.83. The number of amides is 1. The Labute approximate surface area is 148 Å². The summed E-state index contributed by atoms with van der Waals surface area (Å²) in [6, 6.07) is 6.53. The molecule has 0 N–H and O–H groups in total. The summed E-state index contributed by atoms with van der Waals surface area (Å²) in [4.78, 5) is 14.4. The molecule has 1 amide bonds. The van der Waals surface area contributed by atoms with Crippen molar-refractivity contribution >= 4 is 12.0 Å². The maximum absolute atomic E-state index is 13.1. The quantitative estimate of drug-likeness (QED) is 0.790. The lowest BCUT2D eigenvalue weighted by Gasteiger charge is -2.32. The zero-order valence-corrected chi connectivity index (χ0v) is 15.0. The van der Waals surface area contributed by atoms with Crippen LogP contribution in [0.4, 0.5) is 4.39 Å². The minimum Gasteiger partial charge on any atom is -0.336 e. The Kier molecular flexibility index (Phi) is 5.02. The number of rotatable bonds is 3. The van der Waals surface area contributed by atoms with Crippen molar-refractivity contribution in [2.24, 2.45) is 0 Å². The number of hydrogen-bond acceptors (Lipinski definition) is 2. The average molecular weight is 341 g/mol. The van der Waals surface area contributed by atoms with Gasteiger partial charge in [-0.25, -0.2) is 9.07 Å². The van der Waals surface area contributed by atoms with E-state index in [1.807, 2.05) is 24.8 Å². The monoisotopic (exact) mass is 341 g/mol. The molecular formula is C20H24FN3O. The molecule has 0 aliphatic carbocycles.